The molecule has 2 aromatic heterocycles. The molecule has 0 fully saturated rings. The van der Waals surface area contributed by atoms with Gasteiger partial charge >= 0.3 is 6.18 Å². The van der Waals surface area contributed by atoms with Crippen molar-refractivity contribution in [2.45, 2.75) is 23.2 Å². The van der Waals surface area contributed by atoms with Crippen molar-refractivity contribution in [3.63, 3.8) is 0 Å². The van der Waals surface area contributed by atoms with Gasteiger partial charge in [0.05, 0.1) is 30.4 Å². The van der Waals surface area contributed by atoms with Crippen LogP contribution in [0.3, 0.4) is 0 Å². The lowest BCUT2D eigenvalue weighted by Crippen LogP contribution is -2.04. The lowest BCUT2D eigenvalue weighted by Gasteiger charge is -2.10. The smallest absolute Gasteiger partial charge is 0.416 e. The molecule has 0 aliphatic rings. The highest BCUT2D eigenvalue weighted by atomic mass is 35.5. The zero-order chi connectivity index (χ0) is 22.2. The molecule has 4 rings (SSSR count). The van der Waals surface area contributed by atoms with E-state index in [1.54, 1.807) is 31.2 Å². The van der Waals surface area contributed by atoms with Crippen molar-refractivity contribution in [3.05, 3.63) is 66.2 Å². The van der Waals surface area contributed by atoms with E-state index in [2.05, 4.69) is 15.1 Å². The molecule has 0 amide bonds. The van der Waals surface area contributed by atoms with Crippen LogP contribution in [0.15, 0.2) is 65.0 Å². The van der Waals surface area contributed by atoms with Crippen LogP contribution in [0.25, 0.3) is 17.1 Å². The molecule has 0 spiro atoms. The van der Waals surface area contributed by atoms with Gasteiger partial charge in [-0.2, -0.15) is 18.3 Å². The molecule has 0 N–H and O–H groups in total. The molecule has 2 aromatic carbocycles. The van der Waals surface area contributed by atoms with Gasteiger partial charge in [0.1, 0.15) is 5.75 Å². The first-order chi connectivity index (χ1) is 14.7. The monoisotopic (exact) mass is 517 g/mol. The Hall–Kier alpha value is -2.69. The Morgan fingerprint density at radius 1 is 1.06 bits per heavy atom. The van der Waals surface area contributed by atoms with Gasteiger partial charge in [-0.15, -0.1) is 24.8 Å². The van der Waals surface area contributed by atoms with E-state index >= 15 is 0 Å². The second kappa shape index (κ2) is 10.5. The number of alkyl halides is 3. The average molecular weight is 518 g/mol. The molecule has 12 heteroatoms. The first-order valence-corrected chi connectivity index (χ1v) is 10.0. The van der Waals surface area contributed by atoms with E-state index in [4.69, 9.17) is 4.74 Å². The van der Waals surface area contributed by atoms with Crippen molar-refractivity contribution in [2.24, 2.45) is 7.05 Å². The third-order valence-electron chi connectivity index (χ3n) is 4.52. The van der Waals surface area contributed by atoms with Crippen LogP contribution in [0, 0.1) is 6.92 Å². The number of methoxy groups -OCH3 is 1. The fourth-order valence-corrected chi connectivity index (χ4v) is 3.85. The Bertz CT molecular complexity index is 1240. The molecule has 33 heavy (non-hydrogen) atoms. The van der Waals surface area contributed by atoms with Crippen LogP contribution in [0.5, 0.6) is 5.75 Å². The summed E-state index contributed by atoms with van der Waals surface area (Å²) in [5.41, 5.74) is 1.73. The molecule has 4 aromatic rings. The Kier molecular flexibility index (Phi) is 8.45. The van der Waals surface area contributed by atoms with Crippen molar-refractivity contribution >= 4 is 36.6 Å². The molecule has 0 saturated carbocycles. The Morgan fingerprint density at radius 3 is 2.45 bits per heavy atom. The van der Waals surface area contributed by atoms with Gasteiger partial charge in [0.25, 0.3) is 0 Å². The molecule has 0 unspecified atom stereocenters. The number of halogens is 5. The molecule has 0 bridgehead atoms. The fraction of sp³-hybridized carbons (Fsp3) is 0.190. The summed E-state index contributed by atoms with van der Waals surface area (Å²) in [7, 11) is 3.28. The van der Waals surface area contributed by atoms with Crippen molar-refractivity contribution in [3.8, 4) is 22.8 Å². The maximum atomic E-state index is 13.0. The van der Waals surface area contributed by atoms with Crippen molar-refractivity contribution in [1.29, 1.82) is 0 Å². The fourth-order valence-electron chi connectivity index (χ4n) is 3.01. The number of nitrogens with zero attached hydrogens (tertiary/aromatic N) is 5. The summed E-state index contributed by atoms with van der Waals surface area (Å²) in [5, 5.41) is 4.89. The highest BCUT2D eigenvalue weighted by Crippen LogP contribution is 2.35. The summed E-state index contributed by atoms with van der Waals surface area (Å²) in [6, 6.07) is 10.7. The van der Waals surface area contributed by atoms with E-state index in [-0.39, 0.29) is 24.8 Å². The number of ether oxygens (including phenoxy) is 1. The van der Waals surface area contributed by atoms with Gasteiger partial charge in [0.15, 0.2) is 11.0 Å². The van der Waals surface area contributed by atoms with Crippen molar-refractivity contribution in [1.82, 2.24) is 24.3 Å². The molecular weight excluding hydrogens is 498 g/mol. The van der Waals surface area contributed by atoms with Crippen LogP contribution in [-0.4, -0.2) is 31.4 Å². The molecule has 6 nitrogen and oxygen atoms in total. The average Bonchev–Trinajstić information content (AvgIpc) is 3.33. The maximum absolute atomic E-state index is 13.0. The van der Waals surface area contributed by atoms with Gasteiger partial charge in [0.2, 0.25) is 0 Å². The van der Waals surface area contributed by atoms with E-state index in [1.165, 1.54) is 6.07 Å². The SMILES string of the molecule is COc1cc(-c2nc(Sc3cccc(C(F)(F)F)c3)n(C)n2)ccc1-n1cnc(C)c1.Cl.Cl. The third kappa shape index (κ3) is 5.82. The second-order valence-corrected chi connectivity index (χ2v) is 7.82. The first kappa shape index (κ1) is 26.6. The Balaban J connectivity index is 0.00000193. The highest BCUT2D eigenvalue weighted by molar-refractivity contribution is 7.99. The molecule has 0 aliphatic heterocycles. The topological polar surface area (TPSA) is 57.8 Å². The third-order valence-corrected chi connectivity index (χ3v) is 5.55. The van der Waals surface area contributed by atoms with Gasteiger partial charge < -0.3 is 9.30 Å². The molecule has 0 aliphatic carbocycles. The summed E-state index contributed by atoms with van der Waals surface area (Å²) >= 11 is 1.12. The van der Waals surface area contributed by atoms with Crippen LogP contribution >= 0.6 is 36.6 Å². The van der Waals surface area contributed by atoms with E-state index in [0.29, 0.717) is 21.6 Å². The minimum Gasteiger partial charge on any atom is -0.495 e. The summed E-state index contributed by atoms with van der Waals surface area (Å²) < 4.78 is 47.9. The number of aromatic nitrogens is 5. The van der Waals surface area contributed by atoms with Crippen LogP contribution < -0.4 is 4.74 Å². The molecule has 0 saturated heterocycles. The number of hydrogen-bond acceptors (Lipinski definition) is 5. The molecule has 176 valence electrons. The normalized spacial score (nSPS) is 11.0. The number of benzene rings is 2. The number of rotatable bonds is 5. The van der Waals surface area contributed by atoms with Gasteiger partial charge in [-0.05, 0) is 43.3 Å². The predicted octanol–water partition coefficient (Wildman–Crippen LogP) is 6.00. The van der Waals surface area contributed by atoms with Crippen molar-refractivity contribution in [2.75, 3.05) is 7.11 Å². The van der Waals surface area contributed by atoms with Gasteiger partial charge in [-0.25, -0.2) is 14.6 Å². The quantitative estimate of drug-likeness (QED) is 0.325. The van der Waals surface area contributed by atoms with E-state index in [9.17, 15) is 13.2 Å². The van der Waals surface area contributed by atoms with Gasteiger partial charge in [-0.1, -0.05) is 17.8 Å². The molecule has 0 radical (unpaired) electrons. The Labute approximate surface area is 205 Å². The summed E-state index contributed by atoms with van der Waals surface area (Å²) in [6.07, 6.45) is -0.802. The largest absolute Gasteiger partial charge is 0.495 e. The van der Waals surface area contributed by atoms with E-state index in [0.717, 1.165) is 40.8 Å². The lowest BCUT2D eigenvalue weighted by atomic mass is 10.1. The summed E-state index contributed by atoms with van der Waals surface area (Å²) in [4.78, 5) is 9.17. The molecular formula is C21H20Cl2F3N5OS. The number of aryl methyl sites for hydroxylation is 2. The minimum atomic E-state index is -4.40. The zero-order valence-electron chi connectivity index (χ0n) is 17.7. The van der Waals surface area contributed by atoms with Gasteiger partial charge in [-0.3, -0.25) is 0 Å². The standard InChI is InChI=1S/C21H18F3N5OS.2ClH/c1-13-11-29(12-25-13)17-8-7-14(9-18(17)30-3)19-26-20(28(2)27-19)31-16-6-4-5-15(10-16)21(22,23)24;;/h4-12H,1-3H3;2*1H. The van der Waals surface area contributed by atoms with Crippen LogP contribution in [0.4, 0.5) is 13.2 Å². The van der Waals surface area contributed by atoms with Crippen LogP contribution in [0.1, 0.15) is 11.3 Å². The van der Waals surface area contributed by atoms with Crippen LogP contribution in [0.2, 0.25) is 0 Å². The summed E-state index contributed by atoms with van der Waals surface area (Å²) in [5.74, 6) is 1.07. The minimum absolute atomic E-state index is 0. The highest BCUT2D eigenvalue weighted by Gasteiger charge is 2.30. The summed E-state index contributed by atoms with van der Waals surface area (Å²) in [6.45, 7) is 1.90. The first-order valence-electron chi connectivity index (χ1n) is 9.20. The van der Waals surface area contributed by atoms with Crippen molar-refractivity contribution < 1.29 is 17.9 Å². The second-order valence-electron chi connectivity index (χ2n) is 6.78. The predicted molar refractivity (Wildman–Crippen MR) is 125 cm³/mol. The van der Waals surface area contributed by atoms with Crippen LogP contribution in [-0.2, 0) is 13.2 Å². The molecule has 0 atom stereocenters. The Morgan fingerprint density at radius 2 is 1.82 bits per heavy atom. The number of imidazole rings is 1. The number of hydrogen-bond donors (Lipinski definition) is 0. The maximum Gasteiger partial charge on any atom is 0.416 e. The zero-order valence-corrected chi connectivity index (χ0v) is 20.1. The van der Waals surface area contributed by atoms with Gasteiger partial charge in [0, 0.05) is 23.7 Å². The van der Waals surface area contributed by atoms with E-state index in [1.807, 2.05) is 35.9 Å². The van der Waals surface area contributed by atoms with E-state index < -0.39 is 11.7 Å². The lowest BCUT2D eigenvalue weighted by molar-refractivity contribution is -0.137. The molecule has 2 heterocycles.